The Labute approximate surface area is 144 Å². The number of sulfonamides is 1. The van der Waals surface area contributed by atoms with E-state index in [1.54, 1.807) is 24.3 Å². The van der Waals surface area contributed by atoms with Gasteiger partial charge in [0.1, 0.15) is 0 Å². The van der Waals surface area contributed by atoms with Gasteiger partial charge in [-0.2, -0.15) is 13.5 Å². The monoisotopic (exact) mass is 345 g/mol. The topological polar surface area (TPSA) is 61.8 Å². The lowest BCUT2D eigenvalue weighted by Crippen LogP contribution is -2.21. The van der Waals surface area contributed by atoms with E-state index in [1.165, 1.54) is 6.21 Å². The minimum atomic E-state index is -3.63. The van der Waals surface area contributed by atoms with Gasteiger partial charge in [0.05, 0.1) is 11.1 Å². The molecule has 0 aromatic heterocycles. The van der Waals surface area contributed by atoms with E-state index in [-0.39, 0.29) is 4.90 Å². The molecule has 6 heteroatoms. The standard InChI is InChI=1S/C18H23N3O2S/c1-4-21(5-2)17-10-8-16(9-11-17)14-19-20-24(22,23)18-12-6-15(3)7-13-18/h6-14,20H,4-5H2,1-3H3/b19-14+. The zero-order chi connectivity index (χ0) is 17.6. The average Bonchev–Trinajstić information content (AvgIpc) is 2.57. The Morgan fingerprint density at radius 3 is 2.12 bits per heavy atom. The van der Waals surface area contributed by atoms with Crippen LogP contribution in [0, 0.1) is 6.92 Å². The number of anilines is 1. The highest BCUT2D eigenvalue weighted by Gasteiger charge is 2.11. The van der Waals surface area contributed by atoms with Crippen molar-refractivity contribution >= 4 is 21.9 Å². The quantitative estimate of drug-likeness (QED) is 0.619. The van der Waals surface area contributed by atoms with Gasteiger partial charge in [0.15, 0.2) is 0 Å². The number of nitrogens with zero attached hydrogens (tertiary/aromatic N) is 2. The normalized spacial score (nSPS) is 11.6. The van der Waals surface area contributed by atoms with Crippen LogP contribution in [-0.2, 0) is 10.0 Å². The second-order valence-electron chi connectivity index (χ2n) is 5.43. The summed E-state index contributed by atoms with van der Waals surface area (Å²) in [7, 11) is -3.63. The van der Waals surface area contributed by atoms with Crippen LogP contribution in [0.1, 0.15) is 25.0 Å². The highest BCUT2D eigenvalue weighted by atomic mass is 32.2. The summed E-state index contributed by atoms with van der Waals surface area (Å²) in [6.45, 7) is 8.02. The van der Waals surface area contributed by atoms with Gasteiger partial charge in [-0.1, -0.05) is 29.8 Å². The molecule has 0 heterocycles. The van der Waals surface area contributed by atoms with Crippen molar-refractivity contribution in [1.29, 1.82) is 0 Å². The molecule has 0 aliphatic heterocycles. The van der Waals surface area contributed by atoms with Crippen LogP contribution in [0.4, 0.5) is 5.69 Å². The molecule has 0 spiro atoms. The maximum atomic E-state index is 12.1. The van der Waals surface area contributed by atoms with Crippen LogP contribution in [-0.4, -0.2) is 27.7 Å². The Morgan fingerprint density at radius 2 is 1.58 bits per heavy atom. The molecular formula is C18H23N3O2S. The molecule has 1 N–H and O–H groups in total. The lowest BCUT2D eigenvalue weighted by Gasteiger charge is -2.20. The van der Waals surface area contributed by atoms with Crippen LogP contribution in [0.15, 0.2) is 58.5 Å². The van der Waals surface area contributed by atoms with Crippen molar-refractivity contribution in [3.8, 4) is 0 Å². The molecule has 0 radical (unpaired) electrons. The molecule has 2 rings (SSSR count). The first-order chi connectivity index (χ1) is 11.5. The van der Waals surface area contributed by atoms with Crippen LogP contribution in [0.2, 0.25) is 0 Å². The van der Waals surface area contributed by atoms with Crippen LogP contribution in [0.5, 0.6) is 0 Å². The summed E-state index contributed by atoms with van der Waals surface area (Å²) in [6, 6.07) is 14.5. The number of benzene rings is 2. The van der Waals surface area contributed by atoms with Gasteiger partial charge in [-0.25, -0.2) is 4.83 Å². The molecule has 0 unspecified atom stereocenters. The Kier molecular flexibility index (Phi) is 5.98. The summed E-state index contributed by atoms with van der Waals surface area (Å²) in [4.78, 5) is 4.67. The molecule has 0 fully saturated rings. The van der Waals surface area contributed by atoms with Gasteiger partial charge in [0.2, 0.25) is 0 Å². The summed E-state index contributed by atoms with van der Waals surface area (Å²) in [5.41, 5.74) is 2.97. The van der Waals surface area contributed by atoms with E-state index < -0.39 is 10.0 Å². The minimum Gasteiger partial charge on any atom is -0.372 e. The molecule has 0 atom stereocenters. The molecule has 0 aliphatic rings. The highest BCUT2D eigenvalue weighted by Crippen LogP contribution is 2.14. The number of aryl methyl sites for hydroxylation is 1. The van der Waals surface area contributed by atoms with Gasteiger partial charge >= 0.3 is 0 Å². The van der Waals surface area contributed by atoms with Crippen molar-refractivity contribution in [2.75, 3.05) is 18.0 Å². The van der Waals surface area contributed by atoms with Crippen LogP contribution in [0.25, 0.3) is 0 Å². The first kappa shape index (κ1) is 18.0. The lowest BCUT2D eigenvalue weighted by molar-refractivity contribution is 0.584. The maximum Gasteiger partial charge on any atom is 0.276 e. The number of hydrogen-bond donors (Lipinski definition) is 1. The molecule has 0 amide bonds. The van der Waals surface area contributed by atoms with E-state index in [1.807, 2.05) is 31.2 Å². The van der Waals surface area contributed by atoms with Crippen LogP contribution in [0.3, 0.4) is 0 Å². The Balaban J connectivity index is 2.04. The maximum absolute atomic E-state index is 12.1. The zero-order valence-electron chi connectivity index (χ0n) is 14.2. The third-order valence-electron chi connectivity index (χ3n) is 3.74. The van der Waals surface area contributed by atoms with Crippen molar-refractivity contribution < 1.29 is 8.42 Å². The fourth-order valence-electron chi connectivity index (χ4n) is 2.30. The van der Waals surface area contributed by atoms with Gasteiger partial charge in [0, 0.05) is 18.8 Å². The first-order valence-corrected chi connectivity index (χ1v) is 9.41. The third kappa shape index (κ3) is 4.58. The summed E-state index contributed by atoms with van der Waals surface area (Å²) < 4.78 is 24.2. The summed E-state index contributed by atoms with van der Waals surface area (Å²) >= 11 is 0. The largest absolute Gasteiger partial charge is 0.372 e. The van der Waals surface area contributed by atoms with E-state index in [9.17, 15) is 8.42 Å². The molecule has 0 saturated carbocycles. The average molecular weight is 345 g/mol. The molecular weight excluding hydrogens is 322 g/mol. The predicted molar refractivity (Wildman–Crippen MR) is 99.1 cm³/mol. The van der Waals surface area contributed by atoms with Gasteiger partial charge in [-0.15, -0.1) is 0 Å². The van der Waals surface area contributed by atoms with Gasteiger partial charge < -0.3 is 4.90 Å². The lowest BCUT2D eigenvalue weighted by atomic mass is 10.2. The number of hydrogen-bond acceptors (Lipinski definition) is 4. The van der Waals surface area contributed by atoms with E-state index in [4.69, 9.17) is 0 Å². The number of rotatable bonds is 7. The molecule has 0 bridgehead atoms. The van der Waals surface area contributed by atoms with Gasteiger partial charge in [-0.05, 0) is 50.6 Å². The second-order valence-corrected chi connectivity index (χ2v) is 7.09. The van der Waals surface area contributed by atoms with E-state index in [0.29, 0.717) is 0 Å². The van der Waals surface area contributed by atoms with Crippen molar-refractivity contribution in [3.05, 3.63) is 59.7 Å². The minimum absolute atomic E-state index is 0.196. The van der Waals surface area contributed by atoms with Crippen molar-refractivity contribution in [2.24, 2.45) is 5.10 Å². The summed E-state index contributed by atoms with van der Waals surface area (Å²) in [5, 5.41) is 3.85. The van der Waals surface area contributed by atoms with Crippen LogP contribution >= 0.6 is 0 Å². The van der Waals surface area contributed by atoms with E-state index in [0.717, 1.165) is 29.9 Å². The van der Waals surface area contributed by atoms with Crippen molar-refractivity contribution in [3.63, 3.8) is 0 Å². The Morgan fingerprint density at radius 1 is 1.00 bits per heavy atom. The molecule has 2 aromatic carbocycles. The second kappa shape index (κ2) is 7.97. The van der Waals surface area contributed by atoms with Crippen molar-refractivity contribution in [1.82, 2.24) is 4.83 Å². The molecule has 128 valence electrons. The number of hydrazone groups is 1. The summed E-state index contributed by atoms with van der Waals surface area (Å²) in [6.07, 6.45) is 1.50. The predicted octanol–water partition coefficient (Wildman–Crippen LogP) is 3.15. The third-order valence-corrected chi connectivity index (χ3v) is 4.98. The fraction of sp³-hybridized carbons (Fsp3) is 0.278. The molecule has 5 nitrogen and oxygen atoms in total. The van der Waals surface area contributed by atoms with E-state index >= 15 is 0 Å². The highest BCUT2D eigenvalue weighted by molar-refractivity contribution is 7.89. The molecule has 0 aliphatic carbocycles. The number of nitrogens with one attached hydrogen (secondary N) is 1. The Bertz CT molecular complexity index is 778. The van der Waals surface area contributed by atoms with Crippen molar-refractivity contribution in [2.45, 2.75) is 25.7 Å². The summed E-state index contributed by atoms with van der Waals surface area (Å²) in [5.74, 6) is 0. The smallest absolute Gasteiger partial charge is 0.276 e. The SMILES string of the molecule is CCN(CC)c1ccc(/C=N/NS(=O)(=O)c2ccc(C)cc2)cc1. The molecule has 24 heavy (non-hydrogen) atoms. The molecule has 0 saturated heterocycles. The Hall–Kier alpha value is -2.34. The first-order valence-electron chi connectivity index (χ1n) is 7.93. The fourth-order valence-corrected chi connectivity index (χ4v) is 3.09. The van der Waals surface area contributed by atoms with Gasteiger partial charge in [-0.3, -0.25) is 0 Å². The zero-order valence-corrected chi connectivity index (χ0v) is 15.0. The molecule has 2 aromatic rings. The van der Waals surface area contributed by atoms with Gasteiger partial charge in [0.25, 0.3) is 10.0 Å². The van der Waals surface area contributed by atoms with Crippen LogP contribution < -0.4 is 9.73 Å². The van der Waals surface area contributed by atoms with E-state index in [2.05, 4.69) is 28.7 Å².